The zero-order valence-electron chi connectivity index (χ0n) is 9.95. The maximum atomic E-state index is 6.51. The maximum Gasteiger partial charge on any atom is 0.123 e. The fraction of sp³-hybridized carbons (Fsp3) is 0.200. The molecule has 0 radical (unpaired) electrons. The molecule has 0 bridgehead atoms. The van der Waals surface area contributed by atoms with Crippen LogP contribution in [-0.4, -0.2) is 6.10 Å². The summed E-state index contributed by atoms with van der Waals surface area (Å²) in [7, 11) is 0. The fourth-order valence-electron chi connectivity index (χ4n) is 2.30. The molecule has 0 aliphatic carbocycles. The third-order valence-electron chi connectivity index (χ3n) is 3.26. The average Bonchev–Trinajstić information content (AvgIpc) is 2.81. The Morgan fingerprint density at radius 3 is 2.63 bits per heavy atom. The van der Waals surface area contributed by atoms with Gasteiger partial charge in [0, 0.05) is 16.5 Å². The van der Waals surface area contributed by atoms with Gasteiger partial charge in [-0.3, -0.25) is 0 Å². The maximum absolute atomic E-state index is 6.51. The highest BCUT2D eigenvalue weighted by Crippen LogP contribution is 2.39. The molecule has 1 aliphatic heterocycles. The van der Waals surface area contributed by atoms with E-state index in [1.165, 1.54) is 5.56 Å². The molecule has 1 nitrogen and oxygen atoms in total. The van der Waals surface area contributed by atoms with Crippen molar-refractivity contribution in [3.8, 4) is 5.75 Å². The lowest BCUT2D eigenvalue weighted by Crippen LogP contribution is -2.19. The predicted molar refractivity (Wildman–Crippen MR) is 79.6 cm³/mol. The molecule has 1 aliphatic rings. The normalized spacial score (nSPS) is 18.8. The Labute approximate surface area is 127 Å². The summed E-state index contributed by atoms with van der Waals surface area (Å²) in [5.74, 6) is 0.906. The molecule has 4 heteroatoms. The van der Waals surface area contributed by atoms with Gasteiger partial charge in [0.25, 0.3) is 0 Å². The predicted octanol–water partition coefficient (Wildman–Crippen LogP) is 5.28. The number of hydrogen-bond acceptors (Lipinski definition) is 1. The standard InChI is InChI=1S/C15H11Cl3O/c16-10-5-6-11(12(17)8-10)15(18)14-7-9-3-1-2-4-13(9)19-14/h1-6,8,14-15H,7H2. The lowest BCUT2D eigenvalue weighted by atomic mass is 10.0. The molecule has 1 heterocycles. The van der Waals surface area contributed by atoms with Crippen molar-refractivity contribution in [2.45, 2.75) is 17.9 Å². The zero-order valence-corrected chi connectivity index (χ0v) is 12.2. The van der Waals surface area contributed by atoms with Crippen molar-refractivity contribution in [1.82, 2.24) is 0 Å². The van der Waals surface area contributed by atoms with E-state index in [-0.39, 0.29) is 11.5 Å². The van der Waals surface area contributed by atoms with E-state index in [0.717, 1.165) is 17.7 Å². The first-order valence-electron chi connectivity index (χ1n) is 5.99. The zero-order chi connectivity index (χ0) is 13.4. The van der Waals surface area contributed by atoms with Gasteiger partial charge in [0.1, 0.15) is 11.9 Å². The third kappa shape index (κ3) is 2.55. The smallest absolute Gasteiger partial charge is 0.123 e. The van der Waals surface area contributed by atoms with Crippen LogP contribution in [0.4, 0.5) is 0 Å². The lowest BCUT2D eigenvalue weighted by molar-refractivity contribution is 0.227. The molecule has 98 valence electrons. The van der Waals surface area contributed by atoms with Crippen molar-refractivity contribution in [1.29, 1.82) is 0 Å². The van der Waals surface area contributed by atoms with Crippen LogP contribution < -0.4 is 4.74 Å². The van der Waals surface area contributed by atoms with Crippen LogP contribution in [0, 0.1) is 0 Å². The largest absolute Gasteiger partial charge is 0.488 e. The van der Waals surface area contributed by atoms with Crippen molar-refractivity contribution in [3.63, 3.8) is 0 Å². The molecule has 0 fully saturated rings. The van der Waals surface area contributed by atoms with E-state index < -0.39 is 0 Å². The molecule has 3 rings (SSSR count). The Morgan fingerprint density at radius 1 is 1.11 bits per heavy atom. The van der Waals surface area contributed by atoms with Crippen molar-refractivity contribution < 1.29 is 4.74 Å². The second kappa shape index (κ2) is 5.24. The molecule has 2 aromatic carbocycles. The number of hydrogen-bond donors (Lipinski definition) is 0. The highest BCUT2D eigenvalue weighted by atomic mass is 35.5. The molecule has 2 atom stereocenters. The summed E-state index contributed by atoms with van der Waals surface area (Å²) < 4.78 is 5.88. The number of benzene rings is 2. The van der Waals surface area contributed by atoms with Gasteiger partial charge in [0.05, 0.1) is 5.38 Å². The van der Waals surface area contributed by atoms with Crippen LogP contribution in [0.2, 0.25) is 10.0 Å². The van der Waals surface area contributed by atoms with E-state index in [0.29, 0.717) is 10.0 Å². The Hall–Kier alpha value is -0.890. The number of ether oxygens (including phenoxy) is 1. The van der Waals surface area contributed by atoms with E-state index in [4.69, 9.17) is 39.5 Å². The van der Waals surface area contributed by atoms with Gasteiger partial charge in [-0.25, -0.2) is 0 Å². The van der Waals surface area contributed by atoms with Gasteiger partial charge in [0.15, 0.2) is 0 Å². The highest BCUT2D eigenvalue weighted by Gasteiger charge is 2.31. The van der Waals surface area contributed by atoms with Crippen LogP contribution in [0.25, 0.3) is 0 Å². The first-order valence-corrected chi connectivity index (χ1v) is 7.18. The molecule has 0 aromatic heterocycles. The Bertz CT molecular complexity index is 587. The minimum absolute atomic E-state index is 0.0993. The molecule has 0 N–H and O–H groups in total. The molecule has 0 saturated heterocycles. The van der Waals surface area contributed by atoms with Gasteiger partial charge in [0.2, 0.25) is 0 Å². The van der Waals surface area contributed by atoms with Gasteiger partial charge in [-0.2, -0.15) is 0 Å². The van der Waals surface area contributed by atoms with E-state index in [1.807, 2.05) is 24.3 Å². The molecular formula is C15H11Cl3O. The van der Waals surface area contributed by atoms with Gasteiger partial charge in [-0.1, -0.05) is 47.5 Å². The van der Waals surface area contributed by atoms with Crippen LogP contribution in [0.15, 0.2) is 42.5 Å². The fourth-order valence-corrected chi connectivity index (χ4v) is 3.21. The summed E-state index contributed by atoms with van der Waals surface area (Å²) in [5.41, 5.74) is 2.04. The molecule has 0 amide bonds. The SMILES string of the molecule is Clc1ccc(C(Cl)C2Cc3ccccc3O2)c(Cl)c1. The van der Waals surface area contributed by atoms with Gasteiger partial charge < -0.3 is 4.74 Å². The summed E-state index contributed by atoms with van der Waals surface area (Å²) in [6.07, 6.45) is 0.696. The Balaban J connectivity index is 1.85. The minimum Gasteiger partial charge on any atom is -0.488 e. The summed E-state index contributed by atoms with van der Waals surface area (Å²) in [6, 6.07) is 13.3. The van der Waals surface area contributed by atoms with Crippen LogP contribution >= 0.6 is 34.8 Å². The number of alkyl halides is 1. The van der Waals surface area contributed by atoms with Crippen LogP contribution in [0.3, 0.4) is 0 Å². The average molecular weight is 314 g/mol. The second-order valence-corrected chi connectivity index (χ2v) is 5.85. The Morgan fingerprint density at radius 2 is 1.89 bits per heavy atom. The summed E-state index contributed by atoms with van der Waals surface area (Å²) in [6.45, 7) is 0. The van der Waals surface area contributed by atoms with E-state index in [2.05, 4.69) is 6.07 Å². The third-order valence-corrected chi connectivity index (χ3v) is 4.34. The number of fused-ring (bicyclic) bond motifs is 1. The summed E-state index contributed by atoms with van der Waals surface area (Å²) >= 11 is 18.6. The second-order valence-electron chi connectivity index (χ2n) is 4.54. The first kappa shape index (κ1) is 13.1. The molecule has 0 saturated carbocycles. The first-order chi connectivity index (χ1) is 9.15. The molecular weight excluding hydrogens is 303 g/mol. The molecule has 19 heavy (non-hydrogen) atoms. The van der Waals surface area contributed by atoms with Crippen molar-refractivity contribution in [3.05, 3.63) is 63.6 Å². The number of halogens is 3. The monoisotopic (exact) mass is 312 g/mol. The van der Waals surface area contributed by atoms with Crippen molar-refractivity contribution >= 4 is 34.8 Å². The van der Waals surface area contributed by atoms with Gasteiger partial charge in [-0.15, -0.1) is 11.6 Å². The van der Waals surface area contributed by atoms with Crippen molar-refractivity contribution in [2.75, 3.05) is 0 Å². The van der Waals surface area contributed by atoms with Crippen molar-refractivity contribution in [2.24, 2.45) is 0 Å². The minimum atomic E-state index is -0.294. The lowest BCUT2D eigenvalue weighted by Gasteiger charge is -2.18. The molecule has 2 unspecified atom stereocenters. The number of rotatable bonds is 2. The van der Waals surface area contributed by atoms with Crippen LogP contribution in [0.1, 0.15) is 16.5 Å². The Kier molecular flexibility index (Phi) is 3.62. The summed E-state index contributed by atoms with van der Waals surface area (Å²) in [5, 5.41) is 0.887. The van der Waals surface area contributed by atoms with E-state index in [1.54, 1.807) is 12.1 Å². The highest BCUT2D eigenvalue weighted by molar-refractivity contribution is 6.35. The van der Waals surface area contributed by atoms with Gasteiger partial charge >= 0.3 is 0 Å². The quantitative estimate of drug-likeness (QED) is 0.686. The van der Waals surface area contributed by atoms with E-state index in [9.17, 15) is 0 Å². The van der Waals surface area contributed by atoms with Gasteiger partial charge in [-0.05, 0) is 29.3 Å². The number of para-hydroxylation sites is 1. The molecule has 2 aromatic rings. The van der Waals surface area contributed by atoms with Crippen LogP contribution in [0.5, 0.6) is 5.75 Å². The van der Waals surface area contributed by atoms with E-state index >= 15 is 0 Å². The van der Waals surface area contributed by atoms with Crippen LogP contribution in [-0.2, 0) is 6.42 Å². The summed E-state index contributed by atoms with van der Waals surface area (Å²) in [4.78, 5) is 0. The molecule has 0 spiro atoms. The topological polar surface area (TPSA) is 9.23 Å².